The van der Waals surface area contributed by atoms with E-state index in [9.17, 15) is 14.9 Å². The Bertz CT molecular complexity index is 1130. The highest BCUT2D eigenvalue weighted by atomic mass is 35.5. The van der Waals surface area contributed by atoms with E-state index in [2.05, 4.69) is 10.2 Å². The van der Waals surface area contributed by atoms with Crippen molar-refractivity contribution in [1.82, 2.24) is 4.90 Å². The van der Waals surface area contributed by atoms with Crippen LogP contribution in [0.3, 0.4) is 0 Å². The molecule has 3 aromatic rings. The zero-order chi connectivity index (χ0) is 22.7. The van der Waals surface area contributed by atoms with Gasteiger partial charge in [0.05, 0.1) is 27.8 Å². The molecule has 2 heterocycles. The number of amides is 1. The van der Waals surface area contributed by atoms with E-state index in [0.29, 0.717) is 59.8 Å². The van der Waals surface area contributed by atoms with Crippen molar-refractivity contribution in [3.05, 3.63) is 86.3 Å². The second-order valence-corrected chi connectivity index (χ2v) is 8.11. The summed E-state index contributed by atoms with van der Waals surface area (Å²) in [6.45, 7) is 2.57. The fourth-order valence-corrected chi connectivity index (χ4v) is 3.89. The second-order valence-electron chi connectivity index (χ2n) is 7.30. The lowest BCUT2D eigenvalue weighted by Gasteiger charge is -2.36. The van der Waals surface area contributed by atoms with Crippen molar-refractivity contribution in [1.29, 1.82) is 0 Å². The first-order valence-electron chi connectivity index (χ1n) is 9.96. The first-order valence-corrected chi connectivity index (χ1v) is 10.7. The van der Waals surface area contributed by atoms with Crippen LogP contribution in [0.1, 0.15) is 16.1 Å². The number of halogens is 2. The lowest BCUT2D eigenvalue weighted by Crippen LogP contribution is -2.48. The molecule has 1 aliphatic heterocycles. The van der Waals surface area contributed by atoms with Crippen molar-refractivity contribution in [2.45, 2.75) is 6.54 Å². The van der Waals surface area contributed by atoms with E-state index in [0.717, 1.165) is 5.69 Å². The monoisotopic (exact) mass is 474 g/mol. The number of nitro groups is 1. The second kappa shape index (κ2) is 9.50. The summed E-state index contributed by atoms with van der Waals surface area (Å²) < 4.78 is 5.29. The molecule has 4 rings (SSSR count). The molecule has 0 radical (unpaired) electrons. The highest BCUT2D eigenvalue weighted by molar-refractivity contribution is 6.42. The van der Waals surface area contributed by atoms with E-state index in [1.165, 1.54) is 6.07 Å². The number of carbonyl (C=O) groups is 1. The van der Waals surface area contributed by atoms with Crippen LogP contribution in [0.5, 0.6) is 0 Å². The lowest BCUT2D eigenvalue weighted by atomic mass is 10.1. The normalized spacial score (nSPS) is 13.8. The topological polar surface area (TPSA) is 91.9 Å². The number of anilines is 2. The van der Waals surface area contributed by atoms with Gasteiger partial charge in [0.25, 0.3) is 11.6 Å². The molecular formula is C22H20Cl2N4O4. The number of nitrogens with zero attached hydrogens (tertiary/aromatic N) is 3. The van der Waals surface area contributed by atoms with Gasteiger partial charge in [-0.25, -0.2) is 0 Å². The third-order valence-corrected chi connectivity index (χ3v) is 6.05. The summed E-state index contributed by atoms with van der Waals surface area (Å²) in [5, 5.41) is 15.3. The Kier molecular flexibility index (Phi) is 6.53. The zero-order valence-electron chi connectivity index (χ0n) is 17.0. The molecular weight excluding hydrogens is 455 g/mol. The Hall–Kier alpha value is -3.23. The van der Waals surface area contributed by atoms with Gasteiger partial charge in [-0.15, -0.1) is 0 Å². The van der Waals surface area contributed by atoms with E-state index >= 15 is 0 Å². The maximum Gasteiger partial charge on any atom is 0.292 e. The number of hydrogen-bond acceptors (Lipinski definition) is 6. The average Bonchev–Trinajstić information content (AvgIpc) is 3.32. The number of rotatable bonds is 6. The summed E-state index contributed by atoms with van der Waals surface area (Å²) in [6, 6.07) is 13.4. The van der Waals surface area contributed by atoms with E-state index < -0.39 is 4.92 Å². The van der Waals surface area contributed by atoms with Gasteiger partial charge in [-0.05, 0) is 42.5 Å². The highest BCUT2D eigenvalue weighted by Crippen LogP contribution is 2.31. The molecule has 1 aromatic heterocycles. The van der Waals surface area contributed by atoms with E-state index in [-0.39, 0.29) is 11.6 Å². The summed E-state index contributed by atoms with van der Waals surface area (Å²) in [6.07, 6.45) is 1.56. The third-order valence-electron chi connectivity index (χ3n) is 5.31. The fraction of sp³-hybridized carbons (Fsp3) is 0.227. The number of benzene rings is 2. The zero-order valence-corrected chi connectivity index (χ0v) is 18.5. The van der Waals surface area contributed by atoms with Gasteiger partial charge >= 0.3 is 0 Å². The van der Waals surface area contributed by atoms with E-state index in [1.807, 2.05) is 0 Å². The van der Waals surface area contributed by atoms with Gasteiger partial charge < -0.3 is 19.5 Å². The van der Waals surface area contributed by atoms with Crippen LogP contribution in [0.15, 0.2) is 59.2 Å². The molecule has 1 saturated heterocycles. The van der Waals surface area contributed by atoms with Gasteiger partial charge in [-0.1, -0.05) is 23.2 Å². The minimum Gasteiger partial charge on any atom is -0.467 e. The fourth-order valence-electron chi connectivity index (χ4n) is 3.60. The molecule has 2 aromatic carbocycles. The van der Waals surface area contributed by atoms with Crippen LogP contribution in [0.25, 0.3) is 0 Å². The number of carbonyl (C=O) groups excluding carboxylic acids is 1. The summed E-state index contributed by atoms with van der Waals surface area (Å²) in [7, 11) is 0. The molecule has 0 aliphatic carbocycles. The number of nitrogens with one attached hydrogen (secondary N) is 1. The van der Waals surface area contributed by atoms with Crippen molar-refractivity contribution in [3.8, 4) is 0 Å². The van der Waals surface area contributed by atoms with Crippen molar-refractivity contribution >= 4 is 46.2 Å². The molecule has 1 fully saturated rings. The van der Waals surface area contributed by atoms with Crippen LogP contribution < -0.4 is 10.2 Å². The molecule has 0 atom stereocenters. The maximum absolute atomic E-state index is 12.8. The minimum absolute atomic E-state index is 0.00580. The first-order chi connectivity index (χ1) is 15.4. The molecule has 1 N–H and O–H groups in total. The Morgan fingerprint density at radius 2 is 1.84 bits per heavy atom. The smallest absolute Gasteiger partial charge is 0.292 e. The molecule has 8 nitrogen and oxygen atoms in total. The number of nitro benzene ring substituents is 1. The predicted octanol–water partition coefficient (Wildman–Crippen LogP) is 5.07. The molecule has 166 valence electrons. The van der Waals surface area contributed by atoms with Crippen LogP contribution in [0.4, 0.5) is 17.1 Å². The van der Waals surface area contributed by atoms with Gasteiger partial charge in [-0.2, -0.15) is 0 Å². The van der Waals surface area contributed by atoms with Crippen molar-refractivity contribution in [3.63, 3.8) is 0 Å². The summed E-state index contributed by atoms with van der Waals surface area (Å²) >= 11 is 12.0. The van der Waals surface area contributed by atoms with Crippen molar-refractivity contribution in [2.24, 2.45) is 0 Å². The average molecular weight is 475 g/mol. The number of furan rings is 1. The van der Waals surface area contributed by atoms with Gasteiger partial charge in [0.2, 0.25) is 0 Å². The van der Waals surface area contributed by atoms with Crippen LogP contribution in [-0.2, 0) is 6.54 Å². The SMILES string of the molecule is O=C(c1ccc(Cl)c(Cl)c1)N1CCN(c2ccc([N+](=O)[O-])c(NCc3ccco3)c2)CC1. The molecule has 32 heavy (non-hydrogen) atoms. The molecule has 0 saturated carbocycles. The molecule has 1 amide bonds. The molecule has 10 heteroatoms. The van der Waals surface area contributed by atoms with Gasteiger partial charge in [0.1, 0.15) is 11.4 Å². The summed E-state index contributed by atoms with van der Waals surface area (Å²) in [5.41, 5.74) is 1.75. The van der Waals surface area contributed by atoms with Crippen LogP contribution in [0.2, 0.25) is 10.0 Å². The Morgan fingerprint density at radius 1 is 1.06 bits per heavy atom. The number of hydrogen-bond donors (Lipinski definition) is 1. The van der Waals surface area contributed by atoms with E-state index in [1.54, 1.807) is 53.6 Å². The summed E-state index contributed by atoms with van der Waals surface area (Å²) in [5.74, 6) is 0.576. The minimum atomic E-state index is -0.415. The summed E-state index contributed by atoms with van der Waals surface area (Å²) in [4.78, 5) is 27.7. The maximum atomic E-state index is 12.8. The standard InChI is InChI=1S/C22H20Cl2N4O4/c23-18-5-3-15(12-19(18)24)22(29)27-9-7-26(8-10-27)16-4-6-21(28(30)31)20(13-16)25-14-17-2-1-11-32-17/h1-6,11-13,25H,7-10,14H2. The Labute approximate surface area is 194 Å². The van der Waals surface area contributed by atoms with Crippen molar-refractivity contribution < 1.29 is 14.1 Å². The van der Waals surface area contributed by atoms with Gasteiger partial charge in [0, 0.05) is 43.5 Å². The van der Waals surface area contributed by atoms with Crippen LogP contribution in [-0.4, -0.2) is 41.9 Å². The molecule has 1 aliphatic rings. The highest BCUT2D eigenvalue weighted by Gasteiger charge is 2.24. The lowest BCUT2D eigenvalue weighted by molar-refractivity contribution is -0.384. The third kappa shape index (κ3) is 4.81. The van der Waals surface area contributed by atoms with E-state index in [4.69, 9.17) is 27.6 Å². The van der Waals surface area contributed by atoms with Gasteiger partial charge in [0.15, 0.2) is 0 Å². The molecule has 0 spiro atoms. The Morgan fingerprint density at radius 3 is 2.50 bits per heavy atom. The predicted molar refractivity (Wildman–Crippen MR) is 124 cm³/mol. The van der Waals surface area contributed by atoms with Gasteiger partial charge in [-0.3, -0.25) is 14.9 Å². The molecule has 0 bridgehead atoms. The molecule has 0 unspecified atom stereocenters. The quantitative estimate of drug-likeness (QED) is 0.396. The van der Waals surface area contributed by atoms with Crippen LogP contribution >= 0.6 is 23.2 Å². The number of piperazine rings is 1. The Balaban J connectivity index is 1.44. The first kappa shape index (κ1) is 22.0. The van der Waals surface area contributed by atoms with Crippen LogP contribution in [0, 0.1) is 10.1 Å². The van der Waals surface area contributed by atoms with Crippen molar-refractivity contribution in [2.75, 3.05) is 36.4 Å². The largest absolute Gasteiger partial charge is 0.467 e.